The van der Waals surface area contributed by atoms with Gasteiger partial charge in [-0.05, 0) is 66.0 Å². The van der Waals surface area contributed by atoms with Crippen LogP contribution in [0.5, 0.6) is 5.75 Å². The first-order chi connectivity index (χ1) is 12.3. The van der Waals surface area contributed by atoms with Crippen molar-refractivity contribution in [3.05, 3.63) is 56.0 Å². The number of aryl methyl sites for hydroxylation is 3. The second-order valence-corrected chi connectivity index (χ2v) is 7.73. The van der Waals surface area contributed by atoms with Crippen LogP contribution >= 0.6 is 31.9 Å². The standard InChI is InChI=1S/C19H20Br2N2O3/c1-11-6-12(2)19(13(3)7-11)23-17(24)9-22-18(25)10-26-16-5-4-14(20)8-15(16)21/h4-8H,9-10H2,1-3H3,(H,22,25)(H,23,24). The molecule has 2 rings (SSSR count). The molecule has 0 aromatic heterocycles. The summed E-state index contributed by atoms with van der Waals surface area (Å²) < 4.78 is 7.09. The zero-order valence-corrected chi connectivity index (χ0v) is 18.0. The Morgan fingerprint density at radius 1 is 1.00 bits per heavy atom. The minimum Gasteiger partial charge on any atom is -0.483 e. The van der Waals surface area contributed by atoms with Crippen LogP contribution in [0.4, 0.5) is 5.69 Å². The van der Waals surface area contributed by atoms with Gasteiger partial charge in [-0.2, -0.15) is 0 Å². The molecule has 0 fully saturated rings. The van der Waals surface area contributed by atoms with Gasteiger partial charge in [-0.15, -0.1) is 0 Å². The summed E-state index contributed by atoms with van der Waals surface area (Å²) in [5.41, 5.74) is 3.91. The Morgan fingerprint density at radius 2 is 1.65 bits per heavy atom. The Hall–Kier alpha value is -1.86. The highest BCUT2D eigenvalue weighted by Gasteiger charge is 2.11. The minimum absolute atomic E-state index is 0.115. The fourth-order valence-electron chi connectivity index (χ4n) is 2.53. The molecule has 26 heavy (non-hydrogen) atoms. The molecule has 2 amide bonds. The lowest BCUT2D eigenvalue weighted by atomic mass is 10.1. The molecule has 0 atom stereocenters. The number of anilines is 1. The molecule has 0 saturated heterocycles. The number of amides is 2. The first-order valence-electron chi connectivity index (χ1n) is 7.98. The number of hydrogen-bond acceptors (Lipinski definition) is 3. The Kier molecular flexibility index (Phi) is 7.23. The summed E-state index contributed by atoms with van der Waals surface area (Å²) in [6.07, 6.45) is 0. The SMILES string of the molecule is Cc1cc(C)c(NC(=O)CNC(=O)COc2ccc(Br)cc2Br)c(C)c1. The molecule has 0 saturated carbocycles. The van der Waals surface area contributed by atoms with Crippen LogP contribution in [0, 0.1) is 20.8 Å². The first kappa shape index (κ1) is 20.5. The summed E-state index contributed by atoms with van der Waals surface area (Å²) in [5.74, 6) is -0.0933. The highest BCUT2D eigenvalue weighted by molar-refractivity contribution is 9.11. The molecule has 7 heteroatoms. The van der Waals surface area contributed by atoms with Crippen LogP contribution in [0.1, 0.15) is 16.7 Å². The third kappa shape index (κ3) is 5.85. The molecule has 0 unspecified atom stereocenters. The van der Waals surface area contributed by atoms with E-state index in [9.17, 15) is 9.59 Å². The molecule has 0 spiro atoms. The second kappa shape index (κ2) is 9.19. The molecule has 2 aromatic rings. The molecule has 0 aliphatic rings. The van der Waals surface area contributed by atoms with Gasteiger partial charge in [0.25, 0.3) is 5.91 Å². The van der Waals surface area contributed by atoms with E-state index in [1.54, 1.807) is 6.07 Å². The maximum atomic E-state index is 12.1. The molecular formula is C19H20Br2N2O3. The lowest BCUT2D eigenvalue weighted by Crippen LogP contribution is -2.36. The third-order valence-corrected chi connectivity index (χ3v) is 4.75. The molecule has 0 aliphatic heterocycles. The van der Waals surface area contributed by atoms with E-state index in [2.05, 4.69) is 42.5 Å². The molecule has 0 heterocycles. The average Bonchev–Trinajstić information content (AvgIpc) is 2.55. The van der Waals surface area contributed by atoms with E-state index in [0.717, 1.165) is 31.3 Å². The van der Waals surface area contributed by atoms with Crippen LogP contribution < -0.4 is 15.4 Å². The Bertz CT molecular complexity index is 815. The number of carbonyl (C=O) groups excluding carboxylic acids is 2. The van der Waals surface area contributed by atoms with E-state index in [-0.39, 0.29) is 25.0 Å². The highest BCUT2D eigenvalue weighted by Crippen LogP contribution is 2.28. The van der Waals surface area contributed by atoms with E-state index >= 15 is 0 Å². The highest BCUT2D eigenvalue weighted by atomic mass is 79.9. The Balaban J connectivity index is 1.83. The van der Waals surface area contributed by atoms with Crippen molar-refractivity contribution in [2.24, 2.45) is 0 Å². The second-order valence-electron chi connectivity index (χ2n) is 5.96. The van der Waals surface area contributed by atoms with Crippen molar-refractivity contribution >= 4 is 49.4 Å². The first-order valence-corrected chi connectivity index (χ1v) is 9.57. The monoisotopic (exact) mass is 482 g/mol. The van der Waals surface area contributed by atoms with E-state index in [0.29, 0.717) is 5.75 Å². The van der Waals surface area contributed by atoms with Gasteiger partial charge in [0.2, 0.25) is 5.91 Å². The number of ether oxygens (including phenoxy) is 1. The molecule has 2 aromatic carbocycles. The van der Waals surface area contributed by atoms with Crippen LogP contribution in [0.25, 0.3) is 0 Å². The third-order valence-electron chi connectivity index (χ3n) is 3.64. The van der Waals surface area contributed by atoms with Gasteiger partial charge in [0.15, 0.2) is 6.61 Å². The summed E-state index contributed by atoms with van der Waals surface area (Å²) in [7, 11) is 0. The maximum Gasteiger partial charge on any atom is 0.258 e. The van der Waals surface area contributed by atoms with Gasteiger partial charge in [0, 0.05) is 10.2 Å². The summed E-state index contributed by atoms with van der Waals surface area (Å²) >= 11 is 6.71. The zero-order chi connectivity index (χ0) is 19.3. The van der Waals surface area contributed by atoms with Crippen LogP contribution in [0.15, 0.2) is 39.3 Å². The summed E-state index contributed by atoms with van der Waals surface area (Å²) in [6, 6.07) is 9.40. The fourth-order valence-corrected chi connectivity index (χ4v) is 3.69. The molecule has 2 N–H and O–H groups in total. The van der Waals surface area contributed by atoms with Crippen LogP contribution in [-0.2, 0) is 9.59 Å². The van der Waals surface area contributed by atoms with Crippen molar-refractivity contribution < 1.29 is 14.3 Å². The van der Waals surface area contributed by atoms with Crippen LogP contribution in [0.3, 0.4) is 0 Å². The van der Waals surface area contributed by atoms with E-state index in [4.69, 9.17) is 4.74 Å². The van der Waals surface area contributed by atoms with Gasteiger partial charge in [-0.1, -0.05) is 33.6 Å². The fraction of sp³-hybridized carbons (Fsp3) is 0.263. The smallest absolute Gasteiger partial charge is 0.258 e. The number of hydrogen-bond donors (Lipinski definition) is 2. The van der Waals surface area contributed by atoms with E-state index < -0.39 is 0 Å². The molecular weight excluding hydrogens is 464 g/mol. The predicted molar refractivity (Wildman–Crippen MR) is 110 cm³/mol. The quantitative estimate of drug-likeness (QED) is 0.644. The van der Waals surface area contributed by atoms with Crippen molar-refractivity contribution in [3.8, 4) is 5.75 Å². The number of carbonyl (C=O) groups is 2. The topological polar surface area (TPSA) is 67.4 Å². The van der Waals surface area contributed by atoms with Crippen molar-refractivity contribution in [1.82, 2.24) is 5.32 Å². The maximum absolute atomic E-state index is 12.1. The zero-order valence-electron chi connectivity index (χ0n) is 14.8. The molecule has 5 nitrogen and oxygen atoms in total. The number of rotatable bonds is 6. The van der Waals surface area contributed by atoms with Crippen molar-refractivity contribution in [1.29, 1.82) is 0 Å². The largest absolute Gasteiger partial charge is 0.483 e. The molecule has 0 aliphatic carbocycles. The summed E-state index contributed by atoms with van der Waals surface area (Å²) in [4.78, 5) is 24.0. The number of benzene rings is 2. The Labute approximate surface area is 169 Å². The Morgan fingerprint density at radius 3 is 2.27 bits per heavy atom. The van der Waals surface area contributed by atoms with Gasteiger partial charge < -0.3 is 15.4 Å². The van der Waals surface area contributed by atoms with Gasteiger partial charge in [-0.3, -0.25) is 9.59 Å². The van der Waals surface area contributed by atoms with Crippen molar-refractivity contribution in [3.63, 3.8) is 0 Å². The number of halogens is 2. The van der Waals surface area contributed by atoms with Gasteiger partial charge in [0.05, 0.1) is 11.0 Å². The van der Waals surface area contributed by atoms with Crippen molar-refractivity contribution in [2.45, 2.75) is 20.8 Å². The minimum atomic E-state index is -0.368. The van der Waals surface area contributed by atoms with E-state index in [1.165, 1.54) is 0 Å². The van der Waals surface area contributed by atoms with E-state index in [1.807, 2.05) is 45.0 Å². The number of nitrogens with one attached hydrogen (secondary N) is 2. The van der Waals surface area contributed by atoms with Crippen LogP contribution in [0.2, 0.25) is 0 Å². The van der Waals surface area contributed by atoms with Gasteiger partial charge >= 0.3 is 0 Å². The normalized spacial score (nSPS) is 10.3. The lowest BCUT2D eigenvalue weighted by molar-refractivity contribution is -0.125. The van der Waals surface area contributed by atoms with Crippen molar-refractivity contribution in [2.75, 3.05) is 18.5 Å². The lowest BCUT2D eigenvalue weighted by Gasteiger charge is -2.13. The predicted octanol–water partition coefficient (Wildman–Crippen LogP) is 4.27. The summed E-state index contributed by atoms with van der Waals surface area (Å²) in [5, 5.41) is 5.40. The molecule has 0 bridgehead atoms. The van der Waals surface area contributed by atoms with Crippen LogP contribution in [-0.4, -0.2) is 25.0 Å². The summed E-state index contributed by atoms with van der Waals surface area (Å²) in [6.45, 7) is 5.61. The molecule has 0 radical (unpaired) electrons. The van der Waals surface area contributed by atoms with Gasteiger partial charge in [0.1, 0.15) is 5.75 Å². The van der Waals surface area contributed by atoms with Gasteiger partial charge in [-0.25, -0.2) is 0 Å². The average molecular weight is 484 g/mol. The molecule has 138 valence electrons.